The molecule has 2 heterocycles. The Bertz CT molecular complexity index is 695. The van der Waals surface area contributed by atoms with Gasteiger partial charge in [0.2, 0.25) is 0 Å². The van der Waals surface area contributed by atoms with E-state index in [0.29, 0.717) is 18.6 Å². The lowest BCUT2D eigenvalue weighted by atomic mass is 9.72. The van der Waals surface area contributed by atoms with E-state index < -0.39 is 0 Å². The minimum atomic E-state index is -0.228. The van der Waals surface area contributed by atoms with Crippen LogP contribution in [0.2, 0.25) is 0 Å². The largest absolute Gasteiger partial charge is 0.305 e. The van der Waals surface area contributed by atoms with Crippen molar-refractivity contribution in [2.24, 2.45) is 0 Å². The summed E-state index contributed by atoms with van der Waals surface area (Å²) in [5, 5.41) is 3.59. The van der Waals surface area contributed by atoms with Crippen LogP contribution in [0.4, 0.5) is 4.39 Å². The zero-order valence-corrected chi connectivity index (χ0v) is 11.6. The summed E-state index contributed by atoms with van der Waals surface area (Å²) in [6.07, 6.45) is 1.12. The smallest absolute Gasteiger partial charge is 0.136 e. The predicted octanol–water partition coefficient (Wildman–Crippen LogP) is 3.33. The molecule has 4 rings (SSSR count). The Labute approximate surface area is 123 Å². The van der Waals surface area contributed by atoms with Crippen LogP contribution in [0.15, 0.2) is 48.5 Å². The van der Waals surface area contributed by atoms with E-state index in [1.54, 1.807) is 0 Å². The summed E-state index contributed by atoms with van der Waals surface area (Å²) in [6.45, 7) is 0. The lowest BCUT2D eigenvalue weighted by Crippen LogP contribution is -2.48. The summed E-state index contributed by atoms with van der Waals surface area (Å²) in [4.78, 5) is 12.0. The number of Topliss-reactive ketones (excluding diaryl/α,β-unsaturated/α-hetero) is 1. The summed E-state index contributed by atoms with van der Waals surface area (Å²) in [5.41, 5.74) is 3.54. The molecule has 3 unspecified atom stereocenters. The monoisotopic (exact) mass is 281 g/mol. The van der Waals surface area contributed by atoms with Crippen LogP contribution in [0.5, 0.6) is 0 Å². The fourth-order valence-electron chi connectivity index (χ4n) is 3.76. The molecule has 0 amide bonds. The van der Waals surface area contributed by atoms with Gasteiger partial charge < -0.3 is 5.32 Å². The molecule has 0 saturated carbocycles. The fraction of sp³-hybridized carbons (Fsp3) is 0.278. The van der Waals surface area contributed by atoms with Crippen molar-refractivity contribution in [2.45, 2.75) is 30.8 Å². The molecule has 2 nitrogen and oxygen atoms in total. The summed E-state index contributed by atoms with van der Waals surface area (Å²) < 4.78 is 13.2. The molecule has 21 heavy (non-hydrogen) atoms. The Hall–Kier alpha value is -2.00. The molecule has 1 saturated heterocycles. The molecule has 3 heteroatoms. The molecule has 3 atom stereocenters. The molecular weight excluding hydrogens is 265 g/mol. The highest BCUT2D eigenvalue weighted by Crippen LogP contribution is 2.42. The van der Waals surface area contributed by atoms with Crippen molar-refractivity contribution in [3.63, 3.8) is 0 Å². The SMILES string of the molecule is O=C1CC2NC(C1)C(c1ccc(F)cc1)c1ccccc12. The first kappa shape index (κ1) is 12.7. The average molecular weight is 281 g/mol. The molecule has 2 bridgehead atoms. The topological polar surface area (TPSA) is 29.1 Å². The van der Waals surface area contributed by atoms with Gasteiger partial charge in [-0.05, 0) is 28.8 Å². The van der Waals surface area contributed by atoms with Gasteiger partial charge in [-0.1, -0.05) is 36.4 Å². The summed E-state index contributed by atoms with van der Waals surface area (Å²) >= 11 is 0. The van der Waals surface area contributed by atoms with Gasteiger partial charge in [0.05, 0.1) is 0 Å². The van der Waals surface area contributed by atoms with Gasteiger partial charge >= 0.3 is 0 Å². The van der Waals surface area contributed by atoms with Crippen molar-refractivity contribution in [1.82, 2.24) is 5.32 Å². The van der Waals surface area contributed by atoms with Crippen LogP contribution in [-0.4, -0.2) is 11.8 Å². The van der Waals surface area contributed by atoms with E-state index in [1.807, 2.05) is 24.3 Å². The molecule has 2 aromatic rings. The molecule has 2 aliphatic rings. The first-order valence-corrected chi connectivity index (χ1v) is 7.34. The van der Waals surface area contributed by atoms with Crippen LogP contribution in [0, 0.1) is 5.82 Å². The number of ketones is 1. The Morgan fingerprint density at radius 1 is 0.952 bits per heavy atom. The lowest BCUT2D eigenvalue weighted by Gasteiger charge is -2.42. The van der Waals surface area contributed by atoms with Gasteiger partial charge in [0.15, 0.2) is 0 Å². The molecule has 0 aromatic heterocycles. The molecule has 1 fully saturated rings. The molecule has 0 aliphatic carbocycles. The van der Waals surface area contributed by atoms with Gasteiger partial charge in [-0.15, -0.1) is 0 Å². The predicted molar refractivity (Wildman–Crippen MR) is 78.6 cm³/mol. The maximum atomic E-state index is 13.2. The number of rotatable bonds is 1. The van der Waals surface area contributed by atoms with Crippen LogP contribution in [0.1, 0.15) is 41.5 Å². The van der Waals surface area contributed by atoms with Gasteiger partial charge in [-0.25, -0.2) is 4.39 Å². The van der Waals surface area contributed by atoms with E-state index in [-0.39, 0.29) is 23.8 Å². The Balaban J connectivity index is 1.86. The number of carbonyl (C=O) groups excluding carboxylic acids is 1. The Kier molecular flexibility index (Phi) is 2.89. The standard InChI is InChI=1S/C18H16FNO/c19-12-7-5-11(6-8-12)18-15-4-2-1-3-14(15)16-9-13(21)10-17(18)20-16/h1-8,16-18,20H,9-10H2. The number of hydrogen-bond donors (Lipinski definition) is 1. The zero-order chi connectivity index (χ0) is 14.4. The summed E-state index contributed by atoms with van der Waals surface area (Å²) in [7, 11) is 0. The highest BCUT2D eigenvalue weighted by molar-refractivity contribution is 5.82. The van der Waals surface area contributed by atoms with Crippen molar-refractivity contribution in [2.75, 3.05) is 0 Å². The second kappa shape index (κ2) is 4.78. The number of benzene rings is 2. The van der Waals surface area contributed by atoms with Crippen LogP contribution < -0.4 is 5.32 Å². The normalized spacial score (nSPS) is 27.3. The van der Waals surface area contributed by atoms with Crippen molar-refractivity contribution in [1.29, 1.82) is 0 Å². The van der Waals surface area contributed by atoms with Gasteiger partial charge in [-0.3, -0.25) is 4.79 Å². The van der Waals surface area contributed by atoms with E-state index in [2.05, 4.69) is 17.4 Å². The average Bonchev–Trinajstić information content (AvgIpc) is 2.49. The quantitative estimate of drug-likeness (QED) is 0.868. The van der Waals surface area contributed by atoms with Crippen LogP contribution in [0.25, 0.3) is 0 Å². The van der Waals surface area contributed by atoms with Gasteiger partial charge in [0.1, 0.15) is 11.6 Å². The van der Waals surface area contributed by atoms with Gasteiger partial charge in [0.25, 0.3) is 0 Å². The van der Waals surface area contributed by atoms with Gasteiger partial charge in [0, 0.05) is 30.8 Å². The summed E-state index contributed by atoms with van der Waals surface area (Å²) in [5.74, 6) is 0.195. The number of hydrogen-bond acceptors (Lipinski definition) is 2. The molecule has 1 N–H and O–H groups in total. The molecule has 2 aliphatic heterocycles. The van der Waals surface area contributed by atoms with Crippen molar-refractivity contribution in [3.05, 3.63) is 71.0 Å². The molecular formula is C18H16FNO. The third-order valence-corrected chi connectivity index (χ3v) is 4.63. The Morgan fingerprint density at radius 3 is 2.43 bits per heavy atom. The van der Waals surface area contributed by atoms with E-state index in [9.17, 15) is 9.18 Å². The van der Waals surface area contributed by atoms with E-state index in [1.165, 1.54) is 23.3 Å². The van der Waals surface area contributed by atoms with E-state index in [0.717, 1.165) is 5.56 Å². The van der Waals surface area contributed by atoms with Crippen molar-refractivity contribution < 1.29 is 9.18 Å². The fourth-order valence-corrected chi connectivity index (χ4v) is 3.76. The number of piperidine rings is 1. The van der Waals surface area contributed by atoms with Crippen LogP contribution >= 0.6 is 0 Å². The second-order valence-electron chi connectivity index (χ2n) is 5.93. The van der Waals surface area contributed by atoms with Crippen molar-refractivity contribution in [3.8, 4) is 0 Å². The maximum absolute atomic E-state index is 13.2. The van der Waals surface area contributed by atoms with Crippen molar-refractivity contribution >= 4 is 5.78 Å². The maximum Gasteiger partial charge on any atom is 0.136 e. The number of fused-ring (bicyclic) bond motifs is 4. The highest BCUT2D eigenvalue weighted by Gasteiger charge is 2.40. The minimum Gasteiger partial charge on any atom is -0.305 e. The first-order chi connectivity index (χ1) is 10.2. The number of nitrogens with one attached hydrogen (secondary N) is 1. The van der Waals surface area contributed by atoms with Crippen LogP contribution in [0.3, 0.4) is 0 Å². The third-order valence-electron chi connectivity index (χ3n) is 4.63. The molecule has 0 spiro atoms. The zero-order valence-electron chi connectivity index (χ0n) is 11.6. The first-order valence-electron chi connectivity index (χ1n) is 7.34. The third kappa shape index (κ3) is 2.09. The van der Waals surface area contributed by atoms with Gasteiger partial charge in [-0.2, -0.15) is 0 Å². The molecule has 106 valence electrons. The van der Waals surface area contributed by atoms with Crippen LogP contribution in [-0.2, 0) is 4.79 Å². The van der Waals surface area contributed by atoms with E-state index >= 15 is 0 Å². The Morgan fingerprint density at radius 2 is 1.67 bits per heavy atom. The summed E-state index contributed by atoms with van der Waals surface area (Å²) in [6, 6.07) is 15.2. The number of carbonyl (C=O) groups is 1. The second-order valence-corrected chi connectivity index (χ2v) is 5.93. The lowest BCUT2D eigenvalue weighted by molar-refractivity contribution is -0.122. The van der Waals surface area contributed by atoms with E-state index in [4.69, 9.17) is 0 Å². The number of halogens is 1. The molecule has 0 radical (unpaired) electrons. The highest BCUT2D eigenvalue weighted by atomic mass is 19.1. The molecule has 2 aromatic carbocycles. The minimum absolute atomic E-state index is 0.108.